The highest BCUT2D eigenvalue weighted by atomic mass is 16.2. The molecule has 0 aliphatic rings. The maximum atomic E-state index is 11.7. The van der Waals surface area contributed by atoms with Crippen molar-refractivity contribution < 1.29 is 4.79 Å². The zero-order chi connectivity index (χ0) is 12.8. The Kier molecular flexibility index (Phi) is 5.22. The van der Waals surface area contributed by atoms with Gasteiger partial charge in [-0.15, -0.1) is 0 Å². The highest BCUT2D eigenvalue weighted by molar-refractivity contribution is 5.92. The molecule has 0 aliphatic carbocycles. The van der Waals surface area contributed by atoms with Crippen LogP contribution in [0.1, 0.15) is 62.3 Å². The number of hydrogen-bond donors (Lipinski definition) is 2. The van der Waals surface area contributed by atoms with Gasteiger partial charge in [0.05, 0.1) is 0 Å². The molecule has 0 fully saturated rings. The number of aromatic nitrogens is 1. The molecule has 17 heavy (non-hydrogen) atoms. The van der Waals surface area contributed by atoms with Gasteiger partial charge in [0.15, 0.2) is 0 Å². The number of nitrogens with one attached hydrogen (secondary N) is 1. The van der Waals surface area contributed by atoms with Gasteiger partial charge in [0.1, 0.15) is 5.69 Å². The van der Waals surface area contributed by atoms with Crippen LogP contribution in [-0.2, 0) is 6.42 Å². The normalized spacial score (nSPS) is 12.5. The highest BCUT2D eigenvalue weighted by Gasteiger charge is 2.17. The average molecular weight is 237 g/mol. The summed E-state index contributed by atoms with van der Waals surface area (Å²) in [6, 6.07) is 4.22. The van der Waals surface area contributed by atoms with Gasteiger partial charge >= 0.3 is 0 Å². The molecule has 4 heteroatoms. The van der Waals surface area contributed by atoms with Crippen LogP contribution in [0.4, 0.5) is 0 Å². The fourth-order valence-corrected chi connectivity index (χ4v) is 2.01. The third-order valence-electron chi connectivity index (χ3n) is 3.18. The zero-order valence-corrected chi connectivity index (χ0v) is 11.0. The Labute approximate surface area is 103 Å². The Bertz CT molecular complexity index is 371. The fourth-order valence-electron chi connectivity index (χ4n) is 2.01. The summed E-state index contributed by atoms with van der Waals surface area (Å²) < 4.78 is 2.11. The standard InChI is InChI=1S/C13H23N3O/c1-4-6-7-11-8-9-12(13(17)15-14)16(11)10(3)5-2/h8-10H,4-7,14H2,1-3H3,(H,15,17)/t10-/m1/s1. The topological polar surface area (TPSA) is 60.1 Å². The molecule has 0 radical (unpaired) electrons. The van der Waals surface area contributed by atoms with Crippen molar-refractivity contribution in [1.82, 2.24) is 9.99 Å². The first-order valence-corrected chi connectivity index (χ1v) is 6.36. The first-order valence-electron chi connectivity index (χ1n) is 6.36. The number of unbranched alkanes of at least 4 members (excludes halogenated alkanes) is 1. The summed E-state index contributed by atoms with van der Waals surface area (Å²) in [7, 11) is 0. The Morgan fingerprint density at radius 2 is 2.18 bits per heavy atom. The van der Waals surface area contributed by atoms with Gasteiger partial charge in [-0.1, -0.05) is 20.3 Å². The molecule has 0 spiro atoms. The summed E-state index contributed by atoms with van der Waals surface area (Å²) in [6.07, 6.45) is 4.31. The lowest BCUT2D eigenvalue weighted by molar-refractivity contribution is 0.0942. The molecule has 1 rings (SSSR count). The quantitative estimate of drug-likeness (QED) is 0.453. The lowest BCUT2D eigenvalue weighted by atomic mass is 10.2. The molecule has 1 atom stereocenters. The van der Waals surface area contributed by atoms with E-state index in [4.69, 9.17) is 5.84 Å². The molecule has 0 bridgehead atoms. The third kappa shape index (κ3) is 3.09. The van der Waals surface area contributed by atoms with Gasteiger partial charge in [-0.25, -0.2) is 5.84 Å². The van der Waals surface area contributed by atoms with Crippen molar-refractivity contribution in [2.24, 2.45) is 5.84 Å². The number of hydrogen-bond acceptors (Lipinski definition) is 2. The molecule has 0 unspecified atom stereocenters. The molecule has 1 aromatic rings. The maximum absolute atomic E-state index is 11.7. The van der Waals surface area contributed by atoms with Crippen LogP contribution < -0.4 is 11.3 Å². The molecule has 1 heterocycles. The van der Waals surface area contributed by atoms with Crippen LogP contribution in [0.2, 0.25) is 0 Å². The Morgan fingerprint density at radius 1 is 1.47 bits per heavy atom. The molecule has 0 aromatic carbocycles. The molecule has 3 N–H and O–H groups in total. The minimum Gasteiger partial charge on any atom is -0.338 e. The second-order valence-electron chi connectivity index (χ2n) is 4.41. The van der Waals surface area contributed by atoms with Gasteiger partial charge < -0.3 is 4.57 Å². The number of nitrogen functional groups attached to an aromatic ring is 1. The van der Waals surface area contributed by atoms with Crippen LogP contribution in [0.3, 0.4) is 0 Å². The van der Waals surface area contributed by atoms with E-state index in [2.05, 4.69) is 30.8 Å². The van der Waals surface area contributed by atoms with Crippen molar-refractivity contribution in [3.05, 3.63) is 23.5 Å². The van der Waals surface area contributed by atoms with Crippen LogP contribution in [0.5, 0.6) is 0 Å². The maximum Gasteiger partial charge on any atom is 0.281 e. The fraction of sp³-hybridized carbons (Fsp3) is 0.615. The lowest BCUT2D eigenvalue weighted by Crippen LogP contribution is -2.32. The Morgan fingerprint density at radius 3 is 2.71 bits per heavy atom. The van der Waals surface area contributed by atoms with E-state index in [1.54, 1.807) is 0 Å². The minimum atomic E-state index is -0.215. The third-order valence-corrected chi connectivity index (χ3v) is 3.18. The number of aryl methyl sites for hydroxylation is 1. The minimum absolute atomic E-state index is 0.215. The summed E-state index contributed by atoms with van der Waals surface area (Å²) in [5, 5.41) is 0. The van der Waals surface area contributed by atoms with Gasteiger partial charge in [0, 0.05) is 11.7 Å². The van der Waals surface area contributed by atoms with Crippen LogP contribution in [0.15, 0.2) is 12.1 Å². The van der Waals surface area contributed by atoms with Crippen molar-refractivity contribution in [2.45, 2.75) is 52.5 Å². The van der Waals surface area contributed by atoms with E-state index < -0.39 is 0 Å². The van der Waals surface area contributed by atoms with Gasteiger partial charge in [-0.05, 0) is 38.3 Å². The Balaban J connectivity index is 3.05. The molecule has 0 saturated carbocycles. The molecular formula is C13H23N3O. The number of nitrogens with zero attached hydrogens (tertiary/aromatic N) is 1. The van der Waals surface area contributed by atoms with Gasteiger partial charge in [-0.3, -0.25) is 10.2 Å². The first-order chi connectivity index (χ1) is 8.15. The smallest absolute Gasteiger partial charge is 0.281 e. The Hall–Kier alpha value is -1.29. The van der Waals surface area contributed by atoms with Crippen molar-refractivity contribution >= 4 is 5.91 Å². The van der Waals surface area contributed by atoms with E-state index in [1.165, 1.54) is 5.69 Å². The number of carbonyl (C=O) groups is 1. The number of nitrogens with two attached hydrogens (primary N) is 1. The first kappa shape index (κ1) is 13.8. The second kappa shape index (κ2) is 6.45. The van der Waals surface area contributed by atoms with Gasteiger partial charge in [-0.2, -0.15) is 0 Å². The van der Waals surface area contributed by atoms with E-state index in [0.29, 0.717) is 11.7 Å². The lowest BCUT2D eigenvalue weighted by Gasteiger charge is -2.18. The molecule has 1 aromatic heterocycles. The summed E-state index contributed by atoms with van der Waals surface area (Å²) in [5.41, 5.74) is 4.09. The summed E-state index contributed by atoms with van der Waals surface area (Å²) in [5.74, 6) is 5.00. The summed E-state index contributed by atoms with van der Waals surface area (Å²) >= 11 is 0. The molecule has 96 valence electrons. The largest absolute Gasteiger partial charge is 0.338 e. The molecule has 0 saturated heterocycles. The van der Waals surface area contributed by atoms with Crippen molar-refractivity contribution in [3.8, 4) is 0 Å². The van der Waals surface area contributed by atoms with Gasteiger partial charge in [0.2, 0.25) is 0 Å². The van der Waals surface area contributed by atoms with E-state index in [0.717, 1.165) is 25.7 Å². The van der Waals surface area contributed by atoms with Crippen molar-refractivity contribution in [2.75, 3.05) is 0 Å². The number of rotatable bonds is 6. The second-order valence-corrected chi connectivity index (χ2v) is 4.41. The predicted molar refractivity (Wildman–Crippen MR) is 69.7 cm³/mol. The summed E-state index contributed by atoms with van der Waals surface area (Å²) in [4.78, 5) is 11.7. The molecule has 1 amide bonds. The van der Waals surface area contributed by atoms with Crippen LogP contribution in [-0.4, -0.2) is 10.5 Å². The monoisotopic (exact) mass is 237 g/mol. The summed E-state index contributed by atoms with van der Waals surface area (Å²) in [6.45, 7) is 6.42. The number of amides is 1. The van der Waals surface area contributed by atoms with E-state index in [1.807, 2.05) is 12.1 Å². The average Bonchev–Trinajstić information content (AvgIpc) is 2.78. The highest BCUT2D eigenvalue weighted by Crippen LogP contribution is 2.20. The molecule has 4 nitrogen and oxygen atoms in total. The number of hydrazine groups is 1. The number of carbonyl (C=O) groups excluding carboxylic acids is 1. The van der Waals surface area contributed by atoms with Gasteiger partial charge in [0.25, 0.3) is 5.91 Å². The molecular weight excluding hydrogens is 214 g/mol. The SMILES string of the molecule is CCCCc1ccc(C(=O)NN)n1[C@H](C)CC. The van der Waals surface area contributed by atoms with Crippen LogP contribution in [0.25, 0.3) is 0 Å². The zero-order valence-electron chi connectivity index (χ0n) is 11.0. The van der Waals surface area contributed by atoms with Crippen molar-refractivity contribution in [1.29, 1.82) is 0 Å². The van der Waals surface area contributed by atoms with Crippen LogP contribution >= 0.6 is 0 Å². The molecule has 0 aliphatic heterocycles. The van der Waals surface area contributed by atoms with Crippen LogP contribution in [0, 0.1) is 0 Å². The van der Waals surface area contributed by atoms with E-state index in [-0.39, 0.29) is 5.91 Å². The predicted octanol–water partition coefficient (Wildman–Crippen LogP) is 2.41. The van der Waals surface area contributed by atoms with E-state index in [9.17, 15) is 4.79 Å². The van der Waals surface area contributed by atoms with Crippen molar-refractivity contribution in [3.63, 3.8) is 0 Å². The van der Waals surface area contributed by atoms with E-state index >= 15 is 0 Å².